The van der Waals surface area contributed by atoms with E-state index in [2.05, 4.69) is 20.9 Å². The molecule has 0 N–H and O–H groups in total. The Morgan fingerprint density at radius 1 is 1.07 bits per heavy atom. The summed E-state index contributed by atoms with van der Waals surface area (Å²) in [6.45, 7) is 1.57. The number of carbonyl (C=O) groups excluding carboxylic acids is 1. The molecule has 1 aliphatic heterocycles. The van der Waals surface area contributed by atoms with Gasteiger partial charge in [0.2, 0.25) is 5.91 Å². The monoisotopic (exact) mass is 425 g/mol. The molecule has 1 amide bonds. The van der Waals surface area contributed by atoms with Crippen LogP contribution in [0.4, 0.5) is 0 Å². The highest BCUT2D eigenvalue weighted by molar-refractivity contribution is 9.10. The average Bonchev–Trinajstić information content (AvgIpc) is 3.03. The molecule has 0 unspecified atom stereocenters. The number of hydrogen-bond acceptors (Lipinski definition) is 3. The summed E-state index contributed by atoms with van der Waals surface area (Å²) in [7, 11) is 1.66. The third-order valence-corrected chi connectivity index (χ3v) is 5.49. The van der Waals surface area contributed by atoms with Crippen LogP contribution in [-0.4, -0.2) is 34.0 Å². The topological polar surface area (TPSA) is 47.4 Å². The Kier molecular flexibility index (Phi) is 4.99. The maximum Gasteiger partial charge on any atom is 0.242 e. The van der Waals surface area contributed by atoms with Crippen molar-refractivity contribution in [3.63, 3.8) is 0 Å². The first-order valence-electron chi connectivity index (χ1n) is 8.86. The van der Waals surface area contributed by atoms with E-state index in [1.807, 2.05) is 64.1 Å². The lowest BCUT2D eigenvalue weighted by Gasteiger charge is -2.29. The number of hydrogen-bond donors (Lipinski definition) is 0. The van der Waals surface area contributed by atoms with Crippen LogP contribution in [0.25, 0.3) is 11.3 Å². The van der Waals surface area contributed by atoms with Gasteiger partial charge in [-0.25, -0.2) is 4.98 Å². The summed E-state index contributed by atoms with van der Waals surface area (Å²) in [5.41, 5.74) is 4.26. The Hall–Kier alpha value is -2.60. The van der Waals surface area contributed by atoms with Crippen LogP contribution in [0.15, 0.2) is 59.3 Å². The SMILES string of the molecule is COc1ccc(CCN2Cc3c(-c4ccccc4)nc(Br)n3CC2=O)cc1. The zero-order chi connectivity index (χ0) is 18.8. The zero-order valence-electron chi connectivity index (χ0n) is 15.1. The summed E-state index contributed by atoms with van der Waals surface area (Å²) in [6.07, 6.45) is 0.811. The number of amides is 1. The van der Waals surface area contributed by atoms with Crippen molar-refractivity contribution < 1.29 is 9.53 Å². The molecule has 1 aliphatic rings. The van der Waals surface area contributed by atoms with Gasteiger partial charge in [-0.1, -0.05) is 42.5 Å². The smallest absolute Gasteiger partial charge is 0.242 e. The maximum atomic E-state index is 12.6. The third-order valence-electron chi connectivity index (χ3n) is 4.89. The van der Waals surface area contributed by atoms with Crippen molar-refractivity contribution in [2.75, 3.05) is 13.7 Å². The van der Waals surface area contributed by atoms with E-state index in [0.29, 0.717) is 24.4 Å². The van der Waals surface area contributed by atoms with E-state index in [4.69, 9.17) is 4.74 Å². The van der Waals surface area contributed by atoms with Gasteiger partial charge in [-0.15, -0.1) is 0 Å². The van der Waals surface area contributed by atoms with Crippen LogP contribution in [0.5, 0.6) is 5.75 Å². The van der Waals surface area contributed by atoms with Crippen LogP contribution in [-0.2, 0) is 24.3 Å². The van der Waals surface area contributed by atoms with Crippen molar-refractivity contribution >= 4 is 21.8 Å². The quantitative estimate of drug-likeness (QED) is 0.622. The Bertz CT molecular complexity index is 952. The van der Waals surface area contributed by atoms with E-state index in [1.165, 1.54) is 5.56 Å². The molecule has 3 aromatic rings. The highest BCUT2D eigenvalue weighted by atomic mass is 79.9. The molecule has 138 valence electrons. The van der Waals surface area contributed by atoms with E-state index in [1.54, 1.807) is 7.11 Å². The predicted octanol–water partition coefficient (Wildman–Crippen LogP) is 3.91. The van der Waals surface area contributed by atoms with E-state index in [0.717, 1.165) is 29.1 Å². The maximum absolute atomic E-state index is 12.6. The first-order valence-corrected chi connectivity index (χ1v) is 9.66. The van der Waals surface area contributed by atoms with Crippen LogP contribution in [0.3, 0.4) is 0 Å². The van der Waals surface area contributed by atoms with Crippen LogP contribution in [0, 0.1) is 0 Å². The number of halogens is 1. The number of benzene rings is 2. The fraction of sp³-hybridized carbons (Fsp3) is 0.238. The van der Waals surface area contributed by atoms with E-state index in [9.17, 15) is 4.79 Å². The Balaban J connectivity index is 1.54. The lowest BCUT2D eigenvalue weighted by atomic mass is 10.1. The third kappa shape index (κ3) is 3.62. The van der Waals surface area contributed by atoms with Crippen molar-refractivity contribution in [2.45, 2.75) is 19.5 Å². The van der Waals surface area contributed by atoms with Crippen LogP contribution >= 0.6 is 15.9 Å². The van der Waals surface area contributed by atoms with E-state index < -0.39 is 0 Å². The fourth-order valence-corrected chi connectivity index (χ4v) is 3.89. The lowest BCUT2D eigenvalue weighted by Crippen LogP contribution is -2.40. The second-order valence-electron chi connectivity index (χ2n) is 6.54. The van der Waals surface area contributed by atoms with Crippen LogP contribution in [0.2, 0.25) is 0 Å². The van der Waals surface area contributed by atoms with Gasteiger partial charge in [-0.05, 0) is 40.0 Å². The van der Waals surface area contributed by atoms with Crippen molar-refractivity contribution in [3.05, 3.63) is 70.6 Å². The Labute approximate surface area is 166 Å². The minimum atomic E-state index is 0.119. The van der Waals surface area contributed by atoms with Gasteiger partial charge in [0.15, 0.2) is 4.73 Å². The first-order chi connectivity index (χ1) is 13.2. The molecule has 0 atom stereocenters. The molecular formula is C21H20BrN3O2. The highest BCUT2D eigenvalue weighted by Crippen LogP contribution is 2.30. The van der Waals surface area contributed by atoms with E-state index in [-0.39, 0.29) is 5.91 Å². The fourth-order valence-electron chi connectivity index (χ4n) is 3.37. The lowest BCUT2D eigenvalue weighted by molar-refractivity contribution is -0.134. The highest BCUT2D eigenvalue weighted by Gasteiger charge is 2.28. The number of aromatic nitrogens is 2. The number of fused-ring (bicyclic) bond motifs is 1. The average molecular weight is 426 g/mol. The molecule has 0 saturated carbocycles. The largest absolute Gasteiger partial charge is 0.497 e. The Morgan fingerprint density at radius 2 is 1.81 bits per heavy atom. The van der Waals surface area contributed by atoms with Crippen molar-refractivity contribution in [1.29, 1.82) is 0 Å². The molecular weight excluding hydrogens is 406 g/mol. The number of rotatable bonds is 5. The second-order valence-corrected chi connectivity index (χ2v) is 7.25. The molecule has 0 radical (unpaired) electrons. The molecule has 0 fully saturated rings. The van der Waals surface area contributed by atoms with Gasteiger partial charge in [0.25, 0.3) is 0 Å². The molecule has 0 spiro atoms. The van der Waals surface area contributed by atoms with Gasteiger partial charge in [-0.3, -0.25) is 4.79 Å². The van der Waals surface area contributed by atoms with Gasteiger partial charge < -0.3 is 14.2 Å². The number of methoxy groups -OCH3 is 1. The Morgan fingerprint density at radius 3 is 2.52 bits per heavy atom. The molecule has 2 heterocycles. The predicted molar refractivity (Wildman–Crippen MR) is 107 cm³/mol. The summed E-state index contributed by atoms with van der Waals surface area (Å²) in [6, 6.07) is 18.1. The molecule has 1 aromatic heterocycles. The summed E-state index contributed by atoms with van der Waals surface area (Å²) < 4.78 is 7.87. The standard InChI is InChI=1S/C21H20BrN3O2/c1-27-17-9-7-15(8-10-17)11-12-24-13-18-20(16-5-3-2-4-6-16)23-21(22)25(18)14-19(24)26/h2-10H,11-14H2,1H3. The zero-order valence-corrected chi connectivity index (χ0v) is 16.6. The van der Waals surface area contributed by atoms with Crippen molar-refractivity contribution in [2.24, 2.45) is 0 Å². The molecule has 0 bridgehead atoms. The minimum Gasteiger partial charge on any atom is -0.497 e. The van der Waals surface area contributed by atoms with Crippen molar-refractivity contribution in [1.82, 2.24) is 14.5 Å². The normalized spacial score (nSPS) is 13.6. The summed E-state index contributed by atoms with van der Waals surface area (Å²) in [5.74, 6) is 0.961. The van der Waals surface area contributed by atoms with Gasteiger partial charge in [-0.2, -0.15) is 0 Å². The molecule has 2 aromatic carbocycles. The van der Waals surface area contributed by atoms with Gasteiger partial charge >= 0.3 is 0 Å². The molecule has 0 aliphatic carbocycles. The summed E-state index contributed by atoms with van der Waals surface area (Å²) >= 11 is 3.51. The molecule has 5 nitrogen and oxygen atoms in total. The number of ether oxygens (including phenoxy) is 1. The molecule has 27 heavy (non-hydrogen) atoms. The van der Waals surface area contributed by atoms with Gasteiger partial charge in [0.1, 0.15) is 12.3 Å². The van der Waals surface area contributed by atoms with Crippen LogP contribution in [0.1, 0.15) is 11.3 Å². The first kappa shape index (κ1) is 17.8. The van der Waals surface area contributed by atoms with Crippen molar-refractivity contribution in [3.8, 4) is 17.0 Å². The minimum absolute atomic E-state index is 0.119. The number of carbonyl (C=O) groups is 1. The molecule has 0 saturated heterocycles. The summed E-state index contributed by atoms with van der Waals surface area (Å²) in [5, 5.41) is 0. The number of nitrogens with zero attached hydrogens (tertiary/aromatic N) is 3. The number of imidazole rings is 1. The van der Waals surface area contributed by atoms with Crippen LogP contribution < -0.4 is 4.74 Å². The second kappa shape index (κ2) is 7.56. The van der Waals surface area contributed by atoms with Gasteiger partial charge in [0.05, 0.1) is 25.0 Å². The van der Waals surface area contributed by atoms with E-state index >= 15 is 0 Å². The summed E-state index contributed by atoms with van der Waals surface area (Å²) in [4.78, 5) is 19.2. The van der Waals surface area contributed by atoms with Gasteiger partial charge in [0, 0.05) is 12.1 Å². The molecule has 6 heteroatoms. The molecule has 4 rings (SSSR count).